The molecular weight excluding hydrogens is 382 g/mol. The van der Waals surface area contributed by atoms with Crippen LogP contribution in [0.3, 0.4) is 0 Å². The average molecular weight is 416 g/mol. The molecule has 3 atom stereocenters. The second kappa shape index (κ2) is 9.39. The Labute approximate surface area is 175 Å². The van der Waals surface area contributed by atoms with Crippen molar-refractivity contribution in [2.45, 2.75) is 43.8 Å². The van der Waals surface area contributed by atoms with Crippen LogP contribution in [0.4, 0.5) is 0 Å². The molecule has 6 heteroatoms. The van der Waals surface area contributed by atoms with E-state index in [9.17, 15) is 8.42 Å². The lowest BCUT2D eigenvalue weighted by Gasteiger charge is -2.39. The Morgan fingerprint density at radius 2 is 1.76 bits per heavy atom. The third kappa shape index (κ3) is 5.45. The first-order chi connectivity index (χ1) is 13.8. The summed E-state index contributed by atoms with van der Waals surface area (Å²) in [6.07, 6.45) is 1.18. The summed E-state index contributed by atoms with van der Waals surface area (Å²) in [7, 11) is -0.277. The molecule has 29 heavy (non-hydrogen) atoms. The van der Waals surface area contributed by atoms with Crippen molar-refractivity contribution in [3.63, 3.8) is 0 Å². The molecule has 2 aromatic rings. The van der Waals surface area contributed by atoms with E-state index >= 15 is 0 Å². The van der Waals surface area contributed by atoms with Gasteiger partial charge in [0.1, 0.15) is 0 Å². The first kappa shape index (κ1) is 22.0. The van der Waals surface area contributed by atoms with Gasteiger partial charge in [-0.15, -0.1) is 0 Å². The molecule has 2 aromatic carbocycles. The molecule has 1 N–H and O–H groups in total. The summed E-state index contributed by atoms with van der Waals surface area (Å²) < 4.78 is 25.8. The van der Waals surface area contributed by atoms with E-state index in [0.29, 0.717) is 16.9 Å². The van der Waals surface area contributed by atoms with Crippen LogP contribution in [0.15, 0.2) is 59.5 Å². The number of likely N-dealkylation sites (tertiary alicyclic amines) is 1. The van der Waals surface area contributed by atoms with E-state index in [4.69, 9.17) is 0 Å². The highest BCUT2D eigenvalue weighted by atomic mass is 32.2. The van der Waals surface area contributed by atoms with Crippen molar-refractivity contribution >= 4 is 10.0 Å². The van der Waals surface area contributed by atoms with E-state index in [0.717, 1.165) is 25.2 Å². The molecule has 5 nitrogen and oxygen atoms in total. The van der Waals surface area contributed by atoms with Crippen LogP contribution in [-0.4, -0.2) is 50.8 Å². The molecular formula is C23H33N3O2S. The molecule has 3 rings (SSSR count). The molecule has 0 bridgehead atoms. The molecule has 1 saturated heterocycles. The number of hydrogen-bond donors (Lipinski definition) is 1. The van der Waals surface area contributed by atoms with Crippen LogP contribution in [0.1, 0.15) is 37.4 Å². The van der Waals surface area contributed by atoms with Crippen molar-refractivity contribution in [3.8, 4) is 0 Å². The zero-order chi connectivity index (χ0) is 21.0. The quantitative estimate of drug-likeness (QED) is 0.752. The van der Waals surface area contributed by atoms with Crippen LogP contribution in [0.5, 0.6) is 0 Å². The predicted octanol–water partition coefficient (Wildman–Crippen LogP) is 3.50. The number of sulfonamides is 1. The van der Waals surface area contributed by atoms with Crippen LogP contribution in [0.2, 0.25) is 0 Å². The van der Waals surface area contributed by atoms with Gasteiger partial charge in [-0.2, -0.15) is 0 Å². The second-order valence-corrected chi connectivity index (χ2v) is 10.5. The zero-order valence-corrected chi connectivity index (χ0v) is 18.7. The van der Waals surface area contributed by atoms with Crippen LogP contribution in [0, 0.1) is 5.92 Å². The fourth-order valence-corrected chi connectivity index (χ4v) is 4.80. The van der Waals surface area contributed by atoms with Crippen LogP contribution in [-0.2, 0) is 16.6 Å². The van der Waals surface area contributed by atoms with Crippen molar-refractivity contribution in [2.24, 2.45) is 5.92 Å². The third-order valence-electron chi connectivity index (χ3n) is 5.91. The van der Waals surface area contributed by atoms with E-state index in [-0.39, 0.29) is 6.04 Å². The Balaban J connectivity index is 1.63. The van der Waals surface area contributed by atoms with Gasteiger partial charge in [-0.05, 0) is 49.1 Å². The molecule has 0 spiro atoms. The number of nitrogens with zero attached hydrogens (tertiary/aromatic N) is 2. The van der Waals surface area contributed by atoms with E-state index in [1.165, 1.54) is 16.3 Å². The smallest absolute Gasteiger partial charge is 0.242 e. The molecule has 1 heterocycles. The van der Waals surface area contributed by atoms with Gasteiger partial charge in [0.05, 0.1) is 4.90 Å². The van der Waals surface area contributed by atoms with Crippen LogP contribution in [0.25, 0.3) is 0 Å². The molecule has 0 aliphatic carbocycles. The van der Waals surface area contributed by atoms with Gasteiger partial charge in [0.15, 0.2) is 0 Å². The Morgan fingerprint density at radius 3 is 2.38 bits per heavy atom. The highest BCUT2D eigenvalue weighted by Crippen LogP contribution is 2.23. The van der Waals surface area contributed by atoms with Gasteiger partial charge in [-0.25, -0.2) is 12.7 Å². The van der Waals surface area contributed by atoms with Crippen molar-refractivity contribution in [1.29, 1.82) is 0 Å². The van der Waals surface area contributed by atoms with Gasteiger partial charge in [-0.3, -0.25) is 4.90 Å². The monoisotopic (exact) mass is 415 g/mol. The van der Waals surface area contributed by atoms with Gasteiger partial charge in [-0.1, -0.05) is 49.4 Å². The van der Waals surface area contributed by atoms with Crippen molar-refractivity contribution < 1.29 is 8.42 Å². The van der Waals surface area contributed by atoms with Crippen molar-refractivity contribution in [2.75, 3.05) is 27.2 Å². The van der Waals surface area contributed by atoms with Gasteiger partial charge >= 0.3 is 0 Å². The minimum atomic E-state index is -3.39. The van der Waals surface area contributed by atoms with Crippen LogP contribution >= 0.6 is 0 Å². The van der Waals surface area contributed by atoms with Crippen molar-refractivity contribution in [1.82, 2.24) is 14.5 Å². The maximum atomic E-state index is 12.3. The molecule has 0 unspecified atom stereocenters. The normalized spacial score (nSPS) is 22.0. The lowest BCUT2D eigenvalue weighted by Crippen LogP contribution is -2.50. The lowest BCUT2D eigenvalue weighted by molar-refractivity contribution is 0.136. The average Bonchev–Trinajstić information content (AvgIpc) is 2.71. The summed E-state index contributed by atoms with van der Waals surface area (Å²) in [5, 5.41) is 3.78. The Morgan fingerprint density at radius 1 is 1.10 bits per heavy atom. The molecule has 1 aliphatic heterocycles. The summed E-state index contributed by atoms with van der Waals surface area (Å²) in [6, 6.07) is 18.4. The second-order valence-electron chi connectivity index (χ2n) is 8.34. The zero-order valence-electron chi connectivity index (χ0n) is 17.9. The largest absolute Gasteiger partial charge is 0.306 e. The fourth-order valence-electron chi connectivity index (χ4n) is 3.90. The SMILES string of the molecule is C[C@H](N[C@H]1CN(Cc2ccccc2)CC[C@@H]1C)c1ccc(S(=O)(=O)N(C)C)cc1. The lowest BCUT2D eigenvalue weighted by atomic mass is 9.92. The maximum Gasteiger partial charge on any atom is 0.242 e. The Kier molecular flexibility index (Phi) is 7.11. The highest BCUT2D eigenvalue weighted by molar-refractivity contribution is 7.89. The number of benzene rings is 2. The number of nitrogens with one attached hydrogen (secondary N) is 1. The Bertz CT molecular complexity index is 882. The predicted molar refractivity (Wildman–Crippen MR) is 118 cm³/mol. The number of piperidine rings is 1. The van der Waals surface area contributed by atoms with Gasteiger partial charge < -0.3 is 5.32 Å². The highest BCUT2D eigenvalue weighted by Gasteiger charge is 2.27. The molecule has 0 saturated carbocycles. The molecule has 1 aliphatic rings. The molecule has 0 amide bonds. The summed E-state index contributed by atoms with van der Waals surface area (Å²) >= 11 is 0. The summed E-state index contributed by atoms with van der Waals surface area (Å²) in [5.74, 6) is 0.609. The summed E-state index contributed by atoms with van der Waals surface area (Å²) in [4.78, 5) is 2.85. The van der Waals surface area contributed by atoms with Gasteiger partial charge in [0.2, 0.25) is 10.0 Å². The van der Waals surface area contributed by atoms with E-state index in [1.54, 1.807) is 26.2 Å². The molecule has 1 fully saturated rings. The Hall–Kier alpha value is -1.73. The molecule has 0 radical (unpaired) electrons. The standard InChI is InChI=1S/C23H33N3O2S/c1-18-14-15-26(16-20-8-6-5-7-9-20)17-23(18)24-19(2)21-10-12-22(13-11-21)29(27,28)25(3)4/h5-13,18-19,23-24H,14-17H2,1-4H3/t18-,19-,23-/m0/s1. The van der Waals surface area contributed by atoms with Crippen molar-refractivity contribution in [3.05, 3.63) is 65.7 Å². The van der Waals surface area contributed by atoms with E-state index in [1.807, 2.05) is 12.1 Å². The summed E-state index contributed by atoms with van der Waals surface area (Å²) in [6.45, 7) is 7.60. The topological polar surface area (TPSA) is 52.7 Å². The molecule has 158 valence electrons. The van der Waals surface area contributed by atoms with E-state index in [2.05, 4.69) is 54.4 Å². The van der Waals surface area contributed by atoms with Gasteiger partial charge in [0.25, 0.3) is 0 Å². The number of hydrogen-bond acceptors (Lipinski definition) is 4. The minimum absolute atomic E-state index is 0.162. The van der Waals surface area contributed by atoms with Gasteiger partial charge in [0, 0.05) is 39.3 Å². The van der Waals surface area contributed by atoms with Crippen LogP contribution < -0.4 is 5.32 Å². The molecule has 0 aromatic heterocycles. The first-order valence-electron chi connectivity index (χ1n) is 10.3. The third-order valence-corrected chi connectivity index (χ3v) is 7.74. The maximum absolute atomic E-state index is 12.3. The fraction of sp³-hybridized carbons (Fsp3) is 0.478. The van der Waals surface area contributed by atoms with E-state index < -0.39 is 10.0 Å². The summed E-state index contributed by atoms with van der Waals surface area (Å²) in [5.41, 5.74) is 2.46. The first-order valence-corrected chi connectivity index (χ1v) is 11.8. The number of rotatable bonds is 7. The minimum Gasteiger partial charge on any atom is -0.306 e.